The standard InChI is InChI=1S/C17H32O2/c1-2-3-4-5-6-7-8-9-10-11-12-14-17(19)15-13-16-18/h13,15,18H,2-12,14,16H2,1H3. The molecule has 0 aromatic carbocycles. The molecule has 0 heterocycles. The van der Waals surface area contributed by atoms with Gasteiger partial charge < -0.3 is 5.11 Å². The highest BCUT2D eigenvalue weighted by molar-refractivity contribution is 5.89. The lowest BCUT2D eigenvalue weighted by Gasteiger charge is -2.02. The SMILES string of the molecule is CCCCCCCCCCCCCC(=O)C=CCO. The van der Waals surface area contributed by atoms with Crippen molar-refractivity contribution in [3.63, 3.8) is 0 Å². The molecule has 0 saturated heterocycles. The molecule has 0 aliphatic rings. The Labute approximate surface area is 119 Å². The van der Waals surface area contributed by atoms with Crippen molar-refractivity contribution in [3.8, 4) is 0 Å². The van der Waals surface area contributed by atoms with Crippen molar-refractivity contribution in [2.75, 3.05) is 6.61 Å². The number of carbonyl (C=O) groups is 1. The summed E-state index contributed by atoms with van der Waals surface area (Å²) < 4.78 is 0. The maximum absolute atomic E-state index is 11.3. The molecule has 0 aliphatic carbocycles. The van der Waals surface area contributed by atoms with E-state index in [1.165, 1.54) is 69.9 Å². The maximum Gasteiger partial charge on any atom is 0.155 e. The number of carbonyl (C=O) groups excluding carboxylic acids is 1. The Morgan fingerprint density at radius 1 is 0.842 bits per heavy atom. The number of allylic oxidation sites excluding steroid dienone is 1. The van der Waals surface area contributed by atoms with Gasteiger partial charge >= 0.3 is 0 Å². The van der Waals surface area contributed by atoms with Gasteiger partial charge in [0.15, 0.2) is 5.78 Å². The normalized spacial score (nSPS) is 11.3. The Morgan fingerprint density at radius 2 is 1.32 bits per heavy atom. The number of hydrogen-bond acceptors (Lipinski definition) is 2. The lowest BCUT2D eigenvalue weighted by molar-refractivity contribution is -0.114. The van der Waals surface area contributed by atoms with Crippen LogP contribution in [0.5, 0.6) is 0 Å². The minimum atomic E-state index is -0.0377. The summed E-state index contributed by atoms with van der Waals surface area (Å²) in [6.45, 7) is 2.22. The summed E-state index contributed by atoms with van der Waals surface area (Å²) in [7, 11) is 0. The van der Waals surface area contributed by atoms with Gasteiger partial charge in [0, 0.05) is 6.42 Å². The van der Waals surface area contributed by atoms with Crippen LogP contribution >= 0.6 is 0 Å². The van der Waals surface area contributed by atoms with E-state index >= 15 is 0 Å². The zero-order chi connectivity index (χ0) is 14.2. The fourth-order valence-corrected chi connectivity index (χ4v) is 2.23. The fourth-order valence-electron chi connectivity index (χ4n) is 2.23. The van der Waals surface area contributed by atoms with Gasteiger partial charge in [0.1, 0.15) is 0 Å². The zero-order valence-electron chi connectivity index (χ0n) is 12.7. The topological polar surface area (TPSA) is 37.3 Å². The van der Waals surface area contributed by atoms with Gasteiger partial charge in [-0.15, -0.1) is 0 Å². The van der Waals surface area contributed by atoms with E-state index in [9.17, 15) is 4.79 Å². The largest absolute Gasteiger partial charge is 0.392 e. The first-order valence-corrected chi connectivity index (χ1v) is 8.11. The molecule has 2 heteroatoms. The highest BCUT2D eigenvalue weighted by atomic mass is 16.2. The van der Waals surface area contributed by atoms with Gasteiger partial charge in [0.25, 0.3) is 0 Å². The fraction of sp³-hybridized carbons (Fsp3) is 0.824. The molecule has 19 heavy (non-hydrogen) atoms. The van der Waals surface area contributed by atoms with Crippen LogP contribution in [0.4, 0.5) is 0 Å². The predicted octanol–water partition coefficient (Wildman–Crippen LogP) is 4.81. The second kappa shape index (κ2) is 15.4. The summed E-state index contributed by atoms with van der Waals surface area (Å²) in [5.41, 5.74) is 0. The number of hydrogen-bond donors (Lipinski definition) is 1. The Balaban J connectivity index is 3.10. The maximum atomic E-state index is 11.3. The zero-order valence-corrected chi connectivity index (χ0v) is 12.7. The average Bonchev–Trinajstić information content (AvgIpc) is 2.42. The van der Waals surface area contributed by atoms with Gasteiger partial charge in [-0.25, -0.2) is 0 Å². The second-order valence-electron chi connectivity index (χ2n) is 5.34. The molecule has 0 aromatic rings. The van der Waals surface area contributed by atoms with Gasteiger partial charge in [-0.1, -0.05) is 77.2 Å². The summed E-state index contributed by atoms with van der Waals surface area (Å²) in [4.78, 5) is 11.3. The summed E-state index contributed by atoms with van der Waals surface area (Å²) in [5.74, 6) is 0.143. The third-order valence-electron chi connectivity index (χ3n) is 3.44. The highest BCUT2D eigenvalue weighted by Crippen LogP contribution is 2.12. The molecule has 0 bridgehead atoms. The number of aliphatic hydroxyl groups is 1. The molecular formula is C17H32O2. The van der Waals surface area contributed by atoms with Crippen LogP contribution < -0.4 is 0 Å². The van der Waals surface area contributed by atoms with Gasteiger partial charge in [-0.2, -0.15) is 0 Å². The molecule has 0 spiro atoms. The summed E-state index contributed by atoms with van der Waals surface area (Å²) in [6.07, 6.45) is 18.0. The van der Waals surface area contributed by atoms with E-state index in [4.69, 9.17) is 5.11 Å². The number of aliphatic hydroxyl groups excluding tert-OH is 1. The van der Waals surface area contributed by atoms with Crippen molar-refractivity contribution in [1.82, 2.24) is 0 Å². The van der Waals surface area contributed by atoms with Crippen LogP contribution in [0.1, 0.15) is 84.0 Å². The molecule has 0 aliphatic heterocycles. The van der Waals surface area contributed by atoms with Gasteiger partial charge in [0.05, 0.1) is 6.61 Å². The molecule has 1 N–H and O–H groups in total. The van der Waals surface area contributed by atoms with E-state index < -0.39 is 0 Å². The first kappa shape index (κ1) is 18.4. The van der Waals surface area contributed by atoms with E-state index in [2.05, 4.69) is 6.92 Å². The van der Waals surface area contributed by atoms with E-state index in [0.717, 1.165) is 12.8 Å². The van der Waals surface area contributed by atoms with Crippen molar-refractivity contribution < 1.29 is 9.90 Å². The molecule has 2 nitrogen and oxygen atoms in total. The van der Waals surface area contributed by atoms with Gasteiger partial charge in [0.2, 0.25) is 0 Å². The van der Waals surface area contributed by atoms with E-state index in [0.29, 0.717) is 6.42 Å². The minimum Gasteiger partial charge on any atom is -0.392 e. The Morgan fingerprint density at radius 3 is 1.79 bits per heavy atom. The average molecular weight is 268 g/mol. The molecule has 0 saturated carbocycles. The van der Waals surface area contributed by atoms with Crippen LogP contribution in [0.25, 0.3) is 0 Å². The first-order valence-electron chi connectivity index (χ1n) is 8.11. The molecule has 112 valence electrons. The van der Waals surface area contributed by atoms with Crippen LogP contribution in [-0.2, 0) is 4.79 Å². The number of ketones is 1. The molecule has 0 aromatic heterocycles. The van der Waals surface area contributed by atoms with E-state index in [1.54, 1.807) is 0 Å². The molecule has 0 atom stereocenters. The third-order valence-corrected chi connectivity index (χ3v) is 3.44. The predicted molar refractivity (Wildman–Crippen MR) is 82.3 cm³/mol. The molecule has 0 amide bonds. The van der Waals surface area contributed by atoms with Gasteiger partial charge in [-0.3, -0.25) is 4.79 Å². The first-order chi connectivity index (χ1) is 9.31. The lowest BCUT2D eigenvalue weighted by Crippen LogP contribution is -1.93. The van der Waals surface area contributed by atoms with Gasteiger partial charge in [-0.05, 0) is 12.5 Å². The third kappa shape index (κ3) is 15.3. The Bertz CT molecular complexity index is 221. The van der Waals surface area contributed by atoms with Crippen LogP contribution in [-0.4, -0.2) is 17.5 Å². The van der Waals surface area contributed by atoms with Crippen molar-refractivity contribution in [1.29, 1.82) is 0 Å². The van der Waals surface area contributed by atoms with Crippen molar-refractivity contribution in [2.45, 2.75) is 84.0 Å². The minimum absolute atomic E-state index is 0.0377. The van der Waals surface area contributed by atoms with Crippen LogP contribution in [0.3, 0.4) is 0 Å². The molecular weight excluding hydrogens is 236 g/mol. The van der Waals surface area contributed by atoms with Crippen molar-refractivity contribution >= 4 is 5.78 Å². The molecule has 0 radical (unpaired) electrons. The number of rotatable bonds is 14. The van der Waals surface area contributed by atoms with E-state index in [1.807, 2.05) is 0 Å². The van der Waals surface area contributed by atoms with Crippen molar-refractivity contribution in [2.24, 2.45) is 0 Å². The van der Waals surface area contributed by atoms with Crippen LogP contribution in [0.2, 0.25) is 0 Å². The van der Waals surface area contributed by atoms with Crippen molar-refractivity contribution in [3.05, 3.63) is 12.2 Å². The summed E-state index contributed by atoms with van der Waals surface area (Å²) in [6, 6.07) is 0. The number of unbranched alkanes of at least 4 members (excludes halogenated alkanes) is 10. The quantitative estimate of drug-likeness (QED) is 0.363. The molecule has 0 rings (SSSR count). The van der Waals surface area contributed by atoms with Crippen LogP contribution in [0, 0.1) is 0 Å². The van der Waals surface area contributed by atoms with Crippen LogP contribution in [0.15, 0.2) is 12.2 Å². The highest BCUT2D eigenvalue weighted by Gasteiger charge is 1.97. The lowest BCUT2D eigenvalue weighted by atomic mass is 10.0. The Hall–Kier alpha value is -0.630. The summed E-state index contributed by atoms with van der Waals surface area (Å²) >= 11 is 0. The summed E-state index contributed by atoms with van der Waals surface area (Å²) in [5, 5.41) is 8.54. The van der Waals surface area contributed by atoms with E-state index in [-0.39, 0.29) is 12.4 Å². The second-order valence-corrected chi connectivity index (χ2v) is 5.34. The molecule has 0 unspecified atom stereocenters. The monoisotopic (exact) mass is 268 g/mol. The molecule has 0 fully saturated rings. The Kier molecular flexibility index (Phi) is 14.9. The smallest absolute Gasteiger partial charge is 0.155 e.